The van der Waals surface area contributed by atoms with Crippen LogP contribution in [0.1, 0.15) is 66.2 Å². The van der Waals surface area contributed by atoms with E-state index in [1.165, 1.54) is 5.67 Å². The van der Waals surface area contributed by atoms with Gasteiger partial charge in [-0.05, 0) is 103 Å². The summed E-state index contributed by atoms with van der Waals surface area (Å²) in [4.78, 5) is 44.4. The lowest BCUT2D eigenvalue weighted by atomic mass is 10.3. The van der Waals surface area contributed by atoms with Crippen LogP contribution in [-0.2, 0) is 65.6 Å². The largest absolute Gasteiger partial charge is 0.462 e. The average molecular weight is 1070 g/mol. The maximum atomic E-state index is 11.3. The number of carbonyl (C=O) groups is 4. The van der Waals surface area contributed by atoms with E-state index in [-0.39, 0.29) is 51.1 Å². The molecule has 17 nitrogen and oxygen atoms in total. The van der Waals surface area contributed by atoms with E-state index in [0.29, 0.717) is 57.4 Å². The second-order valence-electron chi connectivity index (χ2n) is 18.9. The van der Waals surface area contributed by atoms with Gasteiger partial charge in [-0.15, -0.1) is 0 Å². The Balaban J connectivity index is -0.00000104. The molecule has 3 N–H and O–H groups in total. The van der Waals surface area contributed by atoms with Crippen LogP contribution in [0.4, 0.5) is 0 Å². The number of ether oxygens (including phenoxy) is 8. The van der Waals surface area contributed by atoms with Crippen molar-refractivity contribution >= 4 is 57.6 Å². The van der Waals surface area contributed by atoms with E-state index in [1.54, 1.807) is 13.8 Å². The van der Waals surface area contributed by atoms with Crippen LogP contribution in [0.2, 0.25) is 69.6 Å². The molecule has 0 aliphatic carbocycles. The van der Waals surface area contributed by atoms with Crippen LogP contribution in [0.3, 0.4) is 0 Å². The third kappa shape index (κ3) is 47.7. The minimum Gasteiger partial charge on any atom is -0.462 e. The van der Waals surface area contributed by atoms with Crippen molar-refractivity contribution < 1.29 is 80.9 Å². The number of esters is 4. The van der Waals surface area contributed by atoms with E-state index in [9.17, 15) is 29.4 Å². The molecule has 21 heteroatoms. The average Bonchev–Trinajstić information content (AvgIpc) is 3.28. The van der Waals surface area contributed by atoms with E-state index in [4.69, 9.17) is 51.5 Å². The molecule has 0 spiro atoms. The Morgan fingerprint density at radius 1 is 0.600 bits per heavy atom. The zero-order valence-electron chi connectivity index (χ0n) is 45.1. The Labute approximate surface area is 426 Å². The van der Waals surface area contributed by atoms with E-state index in [0.717, 1.165) is 75.4 Å². The fourth-order valence-corrected chi connectivity index (χ4v) is 24.6. The lowest BCUT2D eigenvalue weighted by molar-refractivity contribution is -0.147. The number of aliphatic hydroxyl groups excluding tert-OH is 3. The Morgan fingerprint density at radius 2 is 1.09 bits per heavy atom. The van der Waals surface area contributed by atoms with Crippen LogP contribution < -0.4 is 0 Å². The summed E-state index contributed by atoms with van der Waals surface area (Å²) in [5.41, 5.74) is 2.10. The zero-order valence-corrected chi connectivity index (χ0v) is 49.3. The first-order valence-electron chi connectivity index (χ1n) is 24.7. The van der Waals surface area contributed by atoms with Crippen LogP contribution in [0.5, 0.6) is 0 Å². The first-order chi connectivity index (χ1) is 32.8. The van der Waals surface area contributed by atoms with Gasteiger partial charge in [-0.25, -0.2) is 19.2 Å². The standard InChI is InChI=1S/C22H42O9Si2.C15H32O5Si2.C12H22O3/c1-7-21(25)29-17-19(23)15-27-11-9-13-32(3,4)31-33(5,6)14-10-12-28-16-20(24)18-30-22(26)8-2;1-14(2)15(17)19-8-6-12-21(3)13-22(4,5)20-11-10-18-9-7-16;1-5-7-8-14-9-11(6-2)15-12(13)10(3)4/h7-8,19-20,23-24H,1-2,9-18H2,3-6H3;16,21H,1,6-13H2,2-5H3;11H,3,5-9H2,1-2,4H3. The second-order valence-corrected chi connectivity index (χ2v) is 36.0. The van der Waals surface area contributed by atoms with Gasteiger partial charge in [0.2, 0.25) is 0 Å². The third-order valence-electron chi connectivity index (χ3n) is 9.72. The highest BCUT2D eigenvalue weighted by molar-refractivity contribution is 6.85. The van der Waals surface area contributed by atoms with Gasteiger partial charge in [0.15, 0.2) is 25.0 Å². The maximum Gasteiger partial charge on any atom is 0.333 e. The Hall–Kier alpha value is -2.65. The van der Waals surface area contributed by atoms with Crippen molar-refractivity contribution in [2.24, 2.45) is 0 Å². The number of rotatable bonds is 41. The first kappa shape index (κ1) is 71.6. The molecule has 70 heavy (non-hydrogen) atoms. The summed E-state index contributed by atoms with van der Waals surface area (Å²) in [5, 5.41) is 28.1. The molecule has 0 radical (unpaired) electrons. The number of aliphatic hydroxyl groups is 3. The quantitative estimate of drug-likeness (QED) is 0.0181. The van der Waals surface area contributed by atoms with E-state index >= 15 is 0 Å². The molecule has 0 aliphatic rings. The van der Waals surface area contributed by atoms with Gasteiger partial charge in [-0.1, -0.05) is 59.2 Å². The molecule has 0 aromatic heterocycles. The van der Waals surface area contributed by atoms with E-state index < -0.39 is 57.9 Å². The summed E-state index contributed by atoms with van der Waals surface area (Å²) in [6.45, 7) is 41.0. The summed E-state index contributed by atoms with van der Waals surface area (Å²) < 4.78 is 53.9. The monoisotopic (exact) mass is 1070 g/mol. The van der Waals surface area contributed by atoms with E-state index in [2.05, 4.69) is 79.1 Å². The number of hydrogen-bond acceptors (Lipinski definition) is 17. The second kappa shape index (κ2) is 43.9. The van der Waals surface area contributed by atoms with Gasteiger partial charge in [-0.3, -0.25) is 0 Å². The molecule has 410 valence electrons. The molecule has 4 unspecified atom stereocenters. The van der Waals surface area contributed by atoms with Crippen molar-refractivity contribution in [2.45, 2.75) is 154 Å². The normalized spacial score (nSPS) is 13.2. The summed E-state index contributed by atoms with van der Waals surface area (Å²) in [6, 6.07) is 3.04. The highest BCUT2D eigenvalue weighted by atomic mass is 28.4. The summed E-state index contributed by atoms with van der Waals surface area (Å²) in [5.74, 6) is -1.76. The lowest BCUT2D eigenvalue weighted by Gasteiger charge is -2.34. The van der Waals surface area contributed by atoms with Gasteiger partial charge in [0, 0.05) is 51.9 Å². The number of carbonyl (C=O) groups excluding carboxylic acids is 4. The molecule has 4 atom stereocenters. The fraction of sp³-hybridized carbons (Fsp3) is 0.755. The molecule has 0 heterocycles. The Bertz CT molecular complexity index is 1400. The van der Waals surface area contributed by atoms with Crippen LogP contribution in [-0.4, -0.2) is 177 Å². The molecular formula is C49H96O17Si4. The molecule has 0 rings (SSSR count). The molecule has 0 fully saturated rings. The van der Waals surface area contributed by atoms with Crippen molar-refractivity contribution in [1.82, 2.24) is 0 Å². The van der Waals surface area contributed by atoms with Crippen molar-refractivity contribution in [2.75, 3.05) is 85.9 Å². The topological polar surface area (TPSA) is 221 Å². The van der Waals surface area contributed by atoms with Gasteiger partial charge >= 0.3 is 23.9 Å². The van der Waals surface area contributed by atoms with Gasteiger partial charge in [-0.2, -0.15) is 0 Å². The van der Waals surface area contributed by atoms with Crippen molar-refractivity contribution in [1.29, 1.82) is 0 Å². The van der Waals surface area contributed by atoms with Crippen LogP contribution >= 0.6 is 0 Å². The molecule has 0 aromatic carbocycles. The minimum atomic E-state index is -1.86. The van der Waals surface area contributed by atoms with Gasteiger partial charge in [0.05, 0.1) is 52.9 Å². The van der Waals surface area contributed by atoms with Gasteiger partial charge in [0.25, 0.3) is 0 Å². The van der Waals surface area contributed by atoms with Crippen LogP contribution in [0.25, 0.3) is 0 Å². The van der Waals surface area contributed by atoms with Crippen molar-refractivity contribution in [3.63, 3.8) is 0 Å². The van der Waals surface area contributed by atoms with Crippen LogP contribution in [0, 0.1) is 0 Å². The molecular weight excluding hydrogens is 973 g/mol. The number of unbranched alkanes of at least 4 members (excludes halogenated alkanes) is 1. The SMILES string of the molecule is C=C(C)C(=O)OC(CC)COCCCC.C=C(C)C(=O)OCCC[SiH](C)C[Si](C)(C)OCCOCCO.C=CC(=O)OCC(O)COCCC[Si](C)(C)O[Si](C)(C)CCCOCC(O)COC(=O)C=C. The first-order valence-corrected chi connectivity index (χ1v) is 36.8. The molecule has 0 aromatic rings. The smallest absolute Gasteiger partial charge is 0.333 e. The van der Waals surface area contributed by atoms with E-state index in [1.807, 2.05) is 6.92 Å². The molecule has 0 saturated carbocycles. The van der Waals surface area contributed by atoms with Crippen LogP contribution in [0.15, 0.2) is 49.6 Å². The van der Waals surface area contributed by atoms with Crippen molar-refractivity contribution in [3.05, 3.63) is 49.6 Å². The predicted molar refractivity (Wildman–Crippen MR) is 286 cm³/mol. The highest BCUT2D eigenvalue weighted by Crippen LogP contribution is 2.24. The summed E-state index contributed by atoms with van der Waals surface area (Å²) in [6.07, 6.45) is 5.77. The van der Waals surface area contributed by atoms with Gasteiger partial charge < -0.3 is 61.8 Å². The summed E-state index contributed by atoms with van der Waals surface area (Å²) in [7, 11) is -6.19. The molecule has 0 amide bonds. The van der Waals surface area contributed by atoms with Crippen molar-refractivity contribution in [3.8, 4) is 0 Å². The Morgan fingerprint density at radius 3 is 1.53 bits per heavy atom. The molecule has 0 bridgehead atoms. The third-order valence-corrected chi connectivity index (χ3v) is 26.4. The fourth-order valence-electron chi connectivity index (χ4n) is 6.27. The molecule has 0 aliphatic heterocycles. The zero-order chi connectivity index (χ0) is 54.0. The minimum absolute atomic E-state index is 0.0563. The summed E-state index contributed by atoms with van der Waals surface area (Å²) >= 11 is 0. The lowest BCUT2D eigenvalue weighted by Crippen LogP contribution is -2.44. The highest BCUT2D eigenvalue weighted by Gasteiger charge is 2.32. The predicted octanol–water partition coefficient (Wildman–Crippen LogP) is 7.23. The molecule has 0 saturated heterocycles. The van der Waals surface area contributed by atoms with Gasteiger partial charge in [0.1, 0.15) is 31.5 Å². The number of hydrogen-bond donors (Lipinski definition) is 3. The maximum absolute atomic E-state index is 11.3. The Kier molecular flexibility index (Phi) is 44.9.